The average Bonchev–Trinajstić information content (AvgIpc) is 3.59. The van der Waals surface area contributed by atoms with Crippen LogP contribution in [0.3, 0.4) is 0 Å². The average molecular weight is 921 g/mol. The van der Waals surface area contributed by atoms with Crippen LogP contribution in [-0.2, 0) is 27.9 Å². The molecule has 9 nitrogen and oxygen atoms in total. The number of likely N-dealkylation sites (N-methyl/N-ethyl adjacent to an activating group) is 1. The maximum absolute atomic E-state index is 13.0. The Hall–Kier alpha value is -1.06. The topological polar surface area (TPSA) is 112 Å². The number of carbonyl (C=O) groups is 1. The fourth-order valence-corrected chi connectivity index (χ4v) is 13.4. The van der Waals surface area contributed by atoms with E-state index in [4.69, 9.17) is 18.5 Å². The minimum atomic E-state index is -4.45. The number of carboxylic acid groups (broad SMARTS) is 1. The minimum absolute atomic E-state index is 0.0348. The molecule has 0 aromatic carbocycles. The van der Waals surface area contributed by atoms with Gasteiger partial charge in [0.15, 0.2) is 6.10 Å². The van der Waals surface area contributed by atoms with Crippen LogP contribution in [0.1, 0.15) is 202 Å². The number of rotatable bonds is 33. The Morgan fingerprint density at radius 2 is 1.48 bits per heavy atom. The molecule has 11 atom stereocenters. The van der Waals surface area contributed by atoms with E-state index >= 15 is 0 Å². The third-order valence-electron chi connectivity index (χ3n) is 16.6. The predicted octanol–water partition coefficient (Wildman–Crippen LogP) is 14.1. The lowest BCUT2D eigenvalue weighted by Crippen LogP contribution is -2.51. The molecule has 7 unspecified atom stereocenters. The summed E-state index contributed by atoms with van der Waals surface area (Å²) in [6, 6.07) is 0. The molecule has 4 aliphatic carbocycles. The van der Waals surface area contributed by atoms with Crippen molar-refractivity contribution in [3.05, 3.63) is 23.8 Å². The number of carboxylic acids is 1. The number of ether oxygens (including phenoxy) is 2. The van der Waals surface area contributed by atoms with Gasteiger partial charge in [-0.3, -0.25) is 9.05 Å². The maximum Gasteiger partial charge on any atom is 0.472 e. The van der Waals surface area contributed by atoms with E-state index in [2.05, 4.69) is 59.8 Å². The molecular formula is C54H99NO8P+. The second kappa shape index (κ2) is 27.2. The van der Waals surface area contributed by atoms with Crippen LogP contribution in [0.2, 0.25) is 0 Å². The van der Waals surface area contributed by atoms with Crippen LogP contribution in [0.15, 0.2) is 23.8 Å². The fraction of sp³-hybridized carbons (Fsp3) is 0.907. The van der Waals surface area contributed by atoms with Crippen molar-refractivity contribution in [1.29, 1.82) is 0 Å². The van der Waals surface area contributed by atoms with Crippen molar-refractivity contribution in [2.24, 2.45) is 46.3 Å². The Morgan fingerprint density at radius 1 is 0.828 bits per heavy atom. The molecule has 0 radical (unpaired) electrons. The van der Waals surface area contributed by atoms with Gasteiger partial charge in [0.1, 0.15) is 19.3 Å². The summed E-state index contributed by atoms with van der Waals surface area (Å²) < 4.78 is 37.1. The highest BCUT2D eigenvalue weighted by molar-refractivity contribution is 7.47. The van der Waals surface area contributed by atoms with Crippen molar-refractivity contribution in [2.45, 2.75) is 220 Å². The third-order valence-corrected chi connectivity index (χ3v) is 17.6. The van der Waals surface area contributed by atoms with Gasteiger partial charge in [0.05, 0.1) is 33.9 Å². The first-order chi connectivity index (χ1) is 30.4. The zero-order valence-corrected chi connectivity index (χ0v) is 43.6. The van der Waals surface area contributed by atoms with Crippen LogP contribution in [0.25, 0.3) is 0 Å². The second-order valence-corrected chi connectivity index (χ2v) is 24.5. The molecule has 3 saturated carbocycles. The minimum Gasteiger partial charge on any atom is -0.479 e. The molecule has 0 aromatic rings. The quantitative estimate of drug-likeness (QED) is 0.0290. The van der Waals surface area contributed by atoms with Gasteiger partial charge in [-0.15, -0.1) is 0 Å². The number of quaternary nitrogens is 1. The summed E-state index contributed by atoms with van der Waals surface area (Å²) in [5.41, 5.74) is 1.99. The first-order valence-electron chi connectivity index (χ1n) is 26.7. The molecule has 2 N–H and O–H groups in total. The number of aliphatic carboxylic acids is 1. The summed E-state index contributed by atoms with van der Waals surface area (Å²) in [5.74, 6) is 3.43. The molecule has 372 valence electrons. The van der Waals surface area contributed by atoms with Crippen molar-refractivity contribution in [2.75, 3.05) is 47.5 Å². The number of fused-ring (bicyclic) bond motifs is 5. The summed E-state index contributed by atoms with van der Waals surface area (Å²) in [4.78, 5) is 23.6. The van der Waals surface area contributed by atoms with E-state index in [-0.39, 0.29) is 18.1 Å². The number of hydrogen-bond donors (Lipinski definition) is 2. The lowest BCUT2D eigenvalue weighted by atomic mass is 9.47. The maximum atomic E-state index is 13.0. The largest absolute Gasteiger partial charge is 0.479 e. The molecule has 64 heavy (non-hydrogen) atoms. The van der Waals surface area contributed by atoms with Crippen molar-refractivity contribution in [3.63, 3.8) is 0 Å². The third kappa shape index (κ3) is 17.5. The number of hydrogen-bond acceptors (Lipinski definition) is 6. The van der Waals surface area contributed by atoms with Gasteiger partial charge in [-0.05, 0) is 130 Å². The monoisotopic (exact) mass is 921 g/mol. The Kier molecular flexibility index (Phi) is 23.6. The Bertz CT molecular complexity index is 1460. The summed E-state index contributed by atoms with van der Waals surface area (Å²) in [7, 11) is 1.48. The van der Waals surface area contributed by atoms with E-state index in [0.717, 1.165) is 87.4 Å². The predicted molar refractivity (Wildman–Crippen MR) is 263 cm³/mol. The summed E-state index contributed by atoms with van der Waals surface area (Å²) in [5, 5.41) is 10.6. The number of allylic oxidation sites excluding steroid dienone is 3. The van der Waals surface area contributed by atoms with Crippen LogP contribution in [0.4, 0.5) is 0 Å². The van der Waals surface area contributed by atoms with Crippen molar-refractivity contribution < 1.29 is 42.4 Å². The molecular weight excluding hydrogens is 822 g/mol. The standard InChI is InChI=1S/C54H98NO8P/c1-10-11-12-13-14-15-16-17-18-19-20-21-22-23-24-25-38-60-50(41-62-64(58,59)61-39-37-55(7,8)9)51(52(56)57)63-45-33-35-53(5)44(40-45)29-30-46-48-32-31-47(43(4)28-26-27-42(2)3)54(48,6)36-34-49(46)53/h17-18,29,42-43,45-51H,10-16,19-28,30-41H2,1-9H3,(H-,56,57,58,59)/p+1/b18-17-/t43-,45?,46?,47-,48?,49?,50?,51?,53+,54-/m1/s1. The van der Waals surface area contributed by atoms with Crippen molar-refractivity contribution >= 4 is 13.8 Å². The summed E-state index contributed by atoms with van der Waals surface area (Å²) >= 11 is 0. The highest BCUT2D eigenvalue weighted by Gasteiger charge is 2.59. The molecule has 10 heteroatoms. The molecule has 0 spiro atoms. The van der Waals surface area contributed by atoms with Gasteiger partial charge in [0.25, 0.3) is 0 Å². The van der Waals surface area contributed by atoms with Crippen molar-refractivity contribution in [1.82, 2.24) is 0 Å². The van der Waals surface area contributed by atoms with Crippen LogP contribution in [0.5, 0.6) is 0 Å². The molecule has 4 aliphatic rings. The molecule has 0 aliphatic heterocycles. The van der Waals surface area contributed by atoms with Crippen molar-refractivity contribution in [3.8, 4) is 0 Å². The molecule has 0 saturated heterocycles. The Labute approximate surface area is 392 Å². The zero-order chi connectivity index (χ0) is 46.8. The number of unbranched alkanes of at least 4 members (excludes halogenated alkanes) is 12. The van der Waals surface area contributed by atoms with E-state index in [0.29, 0.717) is 29.0 Å². The molecule has 0 bridgehead atoms. The lowest BCUT2D eigenvalue weighted by Gasteiger charge is -2.58. The number of phosphoric acid groups is 1. The molecule has 0 aromatic heterocycles. The van der Waals surface area contributed by atoms with Gasteiger partial charge < -0.3 is 24.0 Å². The second-order valence-electron chi connectivity index (χ2n) is 23.0. The number of nitrogens with zero attached hydrogens (tertiary/aromatic N) is 1. The van der Waals surface area contributed by atoms with Crippen LogP contribution >= 0.6 is 7.82 Å². The van der Waals surface area contributed by atoms with E-state index in [9.17, 15) is 19.4 Å². The number of phosphoric ester groups is 1. The fourth-order valence-electron chi connectivity index (χ4n) is 12.7. The summed E-state index contributed by atoms with van der Waals surface area (Å²) in [6.45, 7) is 15.1. The van der Waals surface area contributed by atoms with E-state index < -0.39 is 32.6 Å². The van der Waals surface area contributed by atoms with E-state index in [1.54, 1.807) is 0 Å². The van der Waals surface area contributed by atoms with Crippen LogP contribution in [-0.4, -0.2) is 86.3 Å². The van der Waals surface area contributed by atoms with Gasteiger partial charge in [0, 0.05) is 6.61 Å². The normalized spacial score (nSPS) is 29.5. The zero-order valence-electron chi connectivity index (χ0n) is 42.7. The molecule has 0 heterocycles. The molecule has 0 amide bonds. The lowest BCUT2D eigenvalue weighted by molar-refractivity contribution is -0.870. The Morgan fingerprint density at radius 3 is 2.12 bits per heavy atom. The van der Waals surface area contributed by atoms with E-state index in [1.807, 2.05) is 21.1 Å². The SMILES string of the molecule is CCCCCCCC/C=C\CCCCCCCCOC(COP(=O)(O)OCC[N+](C)(C)C)C(OC1CC[C@@]2(C)C(=CCC3C2CC[C@@]2(C)C3CC[C@@H]2[C@H](C)CCCC(C)C)C1)C(=O)O. The molecule has 3 fully saturated rings. The summed E-state index contributed by atoms with van der Waals surface area (Å²) in [6.07, 6.45) is 34.4. The van der Waals surface area contributed by atoms with Crippen LogP contribution < -0.4 is 0 Å². The van der Waals surface area contributed by atoms with Gasteiger partial charge in [-0.25, -0.2) is 9.36 Å². The smallest absolute Gasteiger partial charge is 0.472 e. The molecule has 4 rings (SSSR count). The Balaban J connectivity index is 1.30. The first-order valence-corrected chi connectivity index (χ1v) is 28.2. The van der Waals surface area contributed by atoms with E-state index in [1.165, 1.54) is 108 Å². The van der Waals surface area contributed by atoms with Gasteiger partial charge in [-0.2, -0.15) is 0 Å². The van der Waals surface area contributed by atoms with Gasteiger partial charge in [-0.1, -0.05) is 142 Å². The highest BCUT2D eigenvalue weighted by Crippen LogP contribution is 2.67. The van der Waals surface area contributed by atoms with Gasteiger partial charge in [0.2, 0.25) is 0 Å². The first kappa shape index (κ1) is 55.5. The van der Waals surface area contributed by atoms with Crippen LogP contribution in [0, 0.1) is 46.3 Å². The van der Waals surface area contributed by atoms with Gasteiger partial charge >= 0.3 is 13.8 Å². The highest BCUT2D eigenvalue weighted by atomic mass is 31.2.